The zero-order valence-corrected chi connectivity index (χ0v) is 39.4. The van der Waals surface area contributed by atoms with Gasteiger partial charge >= 0.3 is 137 Å². The SMILES string of the molecule is CC(C)(C)c1cc2c([c-]c1-c1ccccc1)Cc1cc(-c3ccccc3)c(C(C)(C)C)cc1-2.Cl.Cl.FC(F)(F)c1ccc([C](=[Zr+2])c2ccc(C(F)(F)F)cc2)cc1.[C-]1=CC=CC1. The number of benzene rings is 6. The third kappa shape index (κ3) is 12.2. The zero-order valence-electron chi connectivity index (χ0n) is 35.4. The van der Waals surface area contributed by atoms with Crippen molar-refractivity contribution in [3.8, 4) is 33.4 Å². The summed E-state index contributed by atoms with van der Waals surface area (Å²) in [5, 5.41) is 0. The standard InChI is InChI=1S/C33H33.C15H8F6.C5H5.2ClH.Zr/c1-32(2,3)30-20-26-24(18-28(30)22-13-9-7-10-14-22)17-25-19-29(23-15-11-8-12-16-23)31(21-27(25)26)33(4,5)6;16-14(17,18)12-5-1-10(2-6-12)9-11-3-7-13(8-4-11)15(19,20)21;1-2-4-5-3-1;;;/h7-16,18,20-21H,17H2,1-6H3;1-8H;1-3H,4H2;2*1H;/q-1;;-1;;;+2. The number of rotatable bonds is 4. The maximum absolute atomic E-state index is 12.5. The molecule has 6 aromatic rings. The van der Waals surface area contributed by atoms with Crippen LogP contribution in [-0.2, 0) is 53.8 Å². The Morgan fingerprint density at radius 2 is 1.02 bits per heavy atom. The van der Waals surface area contributed by atoms with Gasteiger partial charge in [-0.25, -0.2) is 12.2 Å². The summed E-state index contributed by atoms with van der Waals surface area (Å²) in [6, 6.07) is 42.0. The van der Waals surface area contributed by atoms with Gasteiger partial charge in [0, 0.05) is 0 Å². The van der Waals surface area contributed by atoms with Crippen LogP contribution in [0.3, 0.4) is 0 Å². The molecule has 0 bridgehead atoms. The van der Waals surface area contributed by atoms with Crippen LogP contribution in [0.1, 0.15) is 92.5 Å². The fourth-order valence-electron chi connectivity index (χ4n) is 7.26. The minimum atomic E-state index is -4.41. The molecular weight excluding hydrogens is 913 g/mol. The van der Waals surface area contributed by atoms with E-state index in [0.717, 1.165) is 61.3 Å². The monoisotopic (exact) mass is 958 g/mol. The summed E-state index contributed by atoms with van der Waals surface area (Å²) in [6.45, 7) is 13.9. The van der Waals surface area contributed by atoms with E-state index < -0.39 is 23.5 Å². The molecule has 0 amide bonds. The maximum atomic E-state index is 12.5. The predicted molar refractivity (Wildman–Crippen MR) is 244 cm³/mol. The van der Waals surface area contributed by atoms with Gasteiger partial charge < -0.3 is 0 Å². The van der Waals surface area contributed by atoms with E-state index in [1.807, 2.05) is 12.2 Å². The summed E-state index contributed by atoms with van der Waals surface area (Å²) in [6.07, 6.45) is 2.13. The van der Waals surface area contributed by atoms with Gasteiger partial charge in [-0.1, -0.05) is 131 Å². The van der Waals surface area contributed by atoms with E-state index in [2.05, 4.69) is 139 Å². The van der Waals surface area contributed by atoms with Crippen LogP contribution in [0, 0.1) is 12.1 Å². The van der Waals surface area contributed by atoms with Gasteiger partial charge in [-0.15, -0.1) is 60.1 Å². The second-order valence-electron chi connectivity index (χ2n) is 16.9. The normalized spacial score (nSPS) is 12.7. The molecule has 0 spiro atoms. The molecule has 0 heterocycles. The van der Waals surface area contributed by atoms with Crippen molar-refractivity contribution < 1.29 is 50.6 Å². The van der Waals surface area contributed by atoms with E-state index in [0.29, 0.717) is 14.3 Å². The second kappa shape index (κ2) is 20.5. The molecule has 2 aliphatic carbocycles. The summed E-state index contributed by atoms with van der Waals surface area (Å²) >= 11 is 0.898. The summed E-state index contributed by atoms with van der Waals surface area (Å²) in [4.78, 5) is 0. The number of allylic oxidation sites excluding steroid dienone is 4. The van der Waals surface area contributed by atoms with Crippen LogP contribution in [0.2, 0.25) is 0 Å². The first kappa shape index (κ1) is 50.4. The van der Waals surface area contributed by atoms with E-state index in [9.17, 15) is 26.3 Å². The van der Waals surface area contributed by atoms with Crippen LogP contribution >= 0.6 is 24.8 Å². The summed E-state index contributed by atoms with van der Waals surface area (Å²) in [5.41, 5.74) is 13.1. The average Bonchev–Trinajstić information content (AvgIpc) is 3.91. The Bertz CT molecular complexity index is 2330. The molecule has 0 unspecified atom stereocenters. The molecule has 0 aliphatic heterocycles. The first-order valence-electron chi connectivity index (χ1n) is 19.8. The molecule has 0 aromatic heterocycles. The molecular formula is C53H48Cl2F6Zr. The van der Waals surface area contributed by atoms with Gasteiger partial charge in [-0.05, 0) is 39.5 Å². The third-order valence-corrected chi connectivity index (χ3v) is 11.8. The van der Waals surface area contributed by atoms with Crippen molar-refractivity contribution in [3.63, 3.8) is 0 Å². The molecule has 0 saturated carbocycles. The van der Waals surface area contributed by atoms with Gasteiger partial charge in [0.15, 0.2) is 0 Å². The Kier molecular flexibility index (Phi) is 16.6. The van der Waals surface area contributed by atoms with Gasteiger partial charge in [0.2, 0.25) is 0 Å². The van der Waals surface area contributed by atoms with Crippen molar-refractivity contribution in [2.24, 2.45) is 0 Å². The van der Waals surface area contributed by atoms with Crippen LogP contribution < -0.4 is 0 Å². The van der Waals surface area contributed by atoms with Crippen molar-refractivity contribution in [2.75, 3.05) is 0 Å². The molecule has 9 heteroatoms. The van der Waals surface area contributed by atoms with Crippen molar-refractivity contribution in [1.29, 1.82) is 0 Å². The molecule has 0 N–H and O–H groups in total. The molecule has 0 saturated heterocycles. The molecule has 0 radical (unpaired) electrons. The Balaban J connectivity index is 0.000000252. The fraction of sp³-hybridized carbons (Fsp3) is 0.226. The number of halogens is 8. The van der Waals surface area contributed by atoms with Crippen LogP contribution in [-0.4, -0.2) is 3.21 Å². The van der Waals surface area contributed by atoms with Crippen LogP contribution in [0.5, 0.6) is 0 Å². The number of hydrogen-bond acceptors (Lipinski definition) is 0. The average molecular weight is 961 g/mol. The van der Waals surface area contributed by atoms with Crippen molar-refractivity contribution in [2.45, 2.75) is 77.6 Å². The maximum Gasteiger partial charge on any atom is -0.109 e. The Morgan fingerprint density at radius 3 is 1.42 bits per heavy atom. The van der Waals surface area contributed by atoms with E-state index in [4.69, 9.17) is 0 Å². The second-order valence-corrected chi connectivity index (χ2v) is 18.2. The molecule has 62 heavy (non-hydrogen) atoms. The molecule has 0 fully saturated rings. The Labute approximate surface area is 389 Å². The molecule has 6 aromatic carbocycles. The minimum absolute atomic E-state index is 0. The molecule has 2 aliphatic rings. The molecule has 8 rings (SSSR count). The predicted octanol–water partition coefficient (Wildman–Crippen LogP) is 16.0. The van der Waals surface area contributed by atoms with Gasteiger partial charge in [0.25, 0.3) is 0 Å². The van der Waals surface area contributed by atoms with Crippen LogP contribution in [0.25, 0.3) is 33.4 Å². The van der Waals surface area contributed by atoms with Gasteiger partial charge in [0.1, 0.15) is 0 Å². The van der Waals surface area contributed by atoms with E-state index in [1.54, 1.807) is 0 Å². The first-order chi connectivity index (χ1) is 28.2. The summed E-state index contributed by atoms with van der Waals surface area (Å²) < 4.78 is 75.6. The molecule has 320 valence electrons. The molecule has 0 atom stereocenters. The smallest absolute Gasteiger partial charge is 0.109 e. The zero-order chi connectivity index (χ0) is 43.5. The van der Waals surface area contributed by atoms with Crippen LogP contribution in [0.4, 0.5) is 26.3 Å². The van der Waals surface area contributed by atoms with Gasteiger partial charge in [0.05, 0.1) is 0 Å². The number of hydrogen-bond donors (Lipinski definition) is 0. The van der Waals surface area contributed by atoms with Crippen LogP contribution in [0.15, 0.2) is 146 Å². The van der Waals surface area contributed by atoms with E-state index in [-0.39, 0.29) is 35.6 Å². The van der Waals surface area contributed by atoms with Gasteiger partial charge in [-0.2, -0.15) is 6.08 Å². The van der Waals surface area contributed by atoms with Gasteiger partial charge in [-0.3, -0.25) is 6.08 Å². The summed E-state index contributed by atoms with van der Waals surface area (Å²) in [5.74, 6) is 0. The fourth-order valence-corrected chi connectivity index (χ4v) is 8.08. The van der Waals surface area contributed by atoms with Crippen molar-refractivity contribution >= 4 is 28.0 Å². The third-order valence-electron chi connectivity index (χ3n) is 10.4. The quantitative estimate of drug-likeness (QED) is 0.122. The Hall–Kier alpha value is -4.29. The first-order valence-corrected chi connectivity index (χ1v) is 21.0. The van der Waals surface area contributed by atoms with E-state index in [1.165, 1.54) is 79.9 Å². The Morgan fingerprint density at radius 1 is 0.548 bits per heavy atom. The molecule has 0 nitrogen and oxygen atoms in total. The number of fused-ring (bicyclic) bond motifs is 3. The van der Waals surface area contributed by atoms with E-state index >= 15 is 0 Å². The largest absolute Gasteiger partial charge is 0.273 e. The topological polar surface area (TPSA) is 0 Å². The van der Waals surface area contributed by atoms with Crippen molar-refractivity contribution in [1.82, 2.24) is 0 Å². The summed E-state index contributed by atoms with van der Waals surface area (Å²) in [7, 11) is 0. The number of alkyl halides is 6. The van der Waals surface area contributed by atoms with Crippen molar-refractivity contribution in [3.05, 3.63) is 202 Å². The minimum Gasteiger partial charge on any atom is -0.273 e.